The van der Waals surface area contributed by atoms with Gasteiger partial charge in [-0.3, -0.25) is 0 Å². The van der Waals surface area contributed by atoms with Crippen LogP contribution in [0, 0.1) is 0 Å². The van der Waals surface area contributed by atoms with Gasteiger partial charge in [-0.1, -0.05) is 12.1 Å². The second-order valence-corrected chi connectivity index (χ2v) is 5.85. The third-order valence-corrected chi connectivity index (χ3v) is 4.41. The van der Waals surface area contributed by atoms with E-state index in [9.17, 15) is 10.2 Å². The van der Waals surface area contributed by atoms with Crippen molar-refractivity contribution in [2.75, 3.05) is 13.2 Å². The Bertz CT molecular complexity index is 691. The van der Waals surface area contributed by atoms with Gasteiger partial charge in [0, 0.05) is 11.1 Å². The molecule has 0 radical (unpaired) electrons. The van der Waals surface area contributed by atoms with Crippen LogP contribution in [-0.4, -0.2) is 23.4 Å². The van der Waals surface area contributed by atoms with E-state index in [4.69, 9.17) is 14.2 Å². The van der Waals surface area contributed by atoms with Crippen LogP contribution < -0.4 is 14.2 Å². The highest BCUT2D eigenvalue weighted by atomic mass is 16.5. The first-order valence-corrected chi connectivity index (χ1v) is 8.68. The fraction of sp³-hybridized carbons (Fsp3) is 0.400. The van der Waals surface area contributed by atoms with E-state index in [0.29, 0.717) is 49.1 Å². The normalized spacial score (nSPS) is 12.6. The zero-order chi connectivity index (χ0) is 17.8. The summed E-state index contributed by atoms with van der Waals surface area (Å²) in [6, 6.07) is 7.38. The number of aliphatic hydroxyl groups excluding tert-OH is 2. The van der Waals surface area contributed by atoms with Gasteiger partial charge in [-0.25, -0.2) is 0 Å². The molecule has 2 N–H and O–H groups in total. The van der Waals surface area contributed by atoms with Gasteiger partial charge in [-0.15, -0.1) is 0 Å². The van der Waals surface area contributed by atoms with Crippen molar-refractivity contribution in [3.05, 3.63) is 46.5 Å². The van der Waals surface area contributed by atoms with Gasteiger partial charge in [0.05, 0.1) is 26.4 Å². The average Bonchev–Trinajstić information content (AvgIpc) is 2.65. The van der Waals surface area contributed by atoms with Crippen LogP contribution in [0.3, 0.4) is 0 Å². The molecule has 0 saturated carbocycles. The molecule has 0 aliphatic carbocycles. The molecular formula is C20H24O5. The summed E-state index contributed by atoms with van der Waals surface area (Å²) in [5.41, 5.74) is 3.54. The Hall–Kier alpha value is -2.24. The summed E-state index contributed by atoms with van der Waals surface area (Å²) in [7, 11) is 0. The number of rotatable bonds is 6. The summed E-state index contributed by atoms with van der Waals surface area (Å²) in [5.74, 6) is 2.56. The van der Waals surface area contributed by atoms with E-state index in [0.717, 1.165) is 22.3 Å². The molecule has 0 aromatic heterocycles. The molecule has 0 amide bonds. The Labute approximate surface area is 147 Å². The number of ether oxygens (including phenoxy) is 3. The average molecular weight is 344 g/mol. The first kappa shape index (κ1) is 17.6. The highest BCUT2D eigenvalue weighted by molar-refractivity contribution is 5.58. The molecule has 0 unspecified atom stereocenters. The molecule has 0 fully saturated rings. The maximum atomic E-state index is 9.72. The molecule has 1 aliphatic rings. The van der Waals surface area contributed by atoms with E-state index in [-0.39, 0.29) is 13.2 Å². The van der Waals surface area contributed by atoms with Crippen molar-refractivity contribution in [1.82, 2.24) is 0 Å². The van der Waals surface area contributed by atoms with Gasteiger partial charge < -0.3 is 24.4 Å². The fourth-order valence-corrected chi connectivity index (χ4v) is 3.27. The van der Waals surface area contributed by atoms with Crippen LogP contribution in [0.2, 0.25) is 0 Å². The first-order chi connectivity index (χ1) is 12.2. The number of fused-ring (bicyclic) bond motifs is 4. The predicted octanol–water partition coefficient (Wildman–Crippen LogP) is 3.36. The first-order valence-electron chi connectivity index (χ1n) is 8.68. The number of aliphatic hydroxyl groups is 2. The monoisotopic (exact) mass is 344 g/mol. The molecule has 1 heterocycles. The van der Waals surface area contributed by atoms with Gasteiger partial charge in [-0.2, -0.15) is 0 Å². The van der Waals surface area contributed by atoms with Crippen molar-refractivity contribution in [3.8, 4) is 23.0 Å². The Morgan fingerprint density at radius 3 is 1.60 bits per heavy atom. The van der Waals surface area contributed by atoms with Crippen LogP contribution in [0.1, 0.15) is 36.1 Å². The summed E-state index contributed by atoms with van der Waals surface area (Å²) >= 11 is 0. The maximum absolute atomic E-state index is 9.72. The largest absolute Gasteiger partial charge is 0.490 e. The van der Waals surface area contributed by atoms with Gasteiger partial charge in [0.15, 0.2) is 23.0 Å². The molecule has 0 spiro atoms. The fourth-order valence-electron chi connectivity index (χ4n) is 3.27. The number of benzene rings is 2. The van der Waals surface area contributed by atoms with Gasteiger partial charge in [-0.05, 0) is 49.9 Å². The van der Waals surface area contributed by atoms with E-state index in [1.165, 1.54) is 0 Å². The molecular weight excluding hydrogens is 320 g/mol. The van der Waals surface area contributed by atoms with E-state index in [1.807, 2.05) is 38.1 Å². The van der Waals surface area contributed by atoms with Crippen LogP contribution in [0.4, 0.5) is 0 Å². The minimum atomic E-state index is -0.0571. The Balaban J connectivity index is 2.18. The van der Waals surface area contributed by atoms with Crippen molar-refractivity contribution in [3.63, 3.8) is 0 Å². The maximum Gasteiger partial charge on any atom is 0.169 e. The van der Waals surface area contributed by atoms with E-state index >= 15 is 0 Å². The summed E-state index contributed by atoms with van der Waals surface area (Å²) < 4.78 is 17.8. The van der Waals surface area contributed by atoms with Gasteiger partial charge >= 0.3 is 0 Å². The standard InChI is InChI=1S/C20H24O5/c1-3-23-19-15-7-8-16-14(12-22)6-10-18(20(16)24-4-2)25-17(19)9-5-13(15)11-21/h5-6,9-10,21-22H,3-4,7-8,11-12H2,1-2H3. The van der Waals surface area contributed by atoms with Crippen LogP contribution >= 0.6 is 0 Å². The van der Waals surface area contributed by atoms with Gasteiger partial charge in [0.1, 0.15) is 0 Å². The predicted molar refractivity (Wildman–Crippen MR) is 94.5 cm³/mol. The summed E-state index contributed by atoms with van der Waals surface area (Å²) in [4.78, 5) is 0. The zero-order valence-corrected chi connectivity index (χ0v) is 14.7. The molecule has 0 saturated heterocycles. The third kappa shape index (κ3) is 3.30. The summed E-state index contributed by atoms with van der Waals surface area (Å²) in [6.45, 7) is 4.76. The molecule has 5 nitrogen and oxygen atoms in total. The molecule has 3 rings (SSSR count). The molecule has 25 heavy (non-hydrogen) atoms. The summed E-state index contributed by atoms with van der Waals surface area (Å²) in [5, 5.41) is 19.4. The van der Waals surface area contributed by atoms with E-state index < -0.39 is 0 Å². The zero-order valence-electron chi connectivity index (χ0n) is 14.7. The van der Waals surface area contributed by atoms with Crippen molar-refractivity contribution < 1.29 is 24.4 Å². The van der Waals surface area contributed by atoms with Crippen molar-refractivity contribution >= 4 is 0 Å². The Morgan fingerprint density at radius 2 is 1.24 bits per heavy atom. The quantitative estimate of drug-likeness (QED) is 0.841. The van der Waals surface area contributed by atoms with Crippen molar-refractivity contribution in [2.45, 2.75) is 39.9 Å². The number of hydrogen-bond acceptors (Lipinski definition) is 5. The third-order valence-electron chi connectivity index (χ3n) is 4.41. The molecule has 2 aromatic carbocycles. The minimum Gasteiger partial charge on any atom is -0.490 e. The van der Waals surface area contributed by atoms with Crippen molar-refractivity contribution in [1.29, 1.82) is 0 Å². The lowest BCUT2D eigenvalue weighted by Crippen LogP contribution is -2.05. The highest BCUT2D eigenvalue weighted by Gasteiger charge is 2.23. The molecule has 2 aromatic rings. The summed E-state index contributed by atoms with van der Waals surface area (Å²) in [6.07, 6.45) is 1.33. The Kier molecular flexibility index (Phi) is 5.46. The van der Waals surface area contributed by atoms with Crippen LogP contribution in [0.5, 0.6) is 23.0 Å². The van der Waals surface area contributed by atoms with E-state index in [1.54, 1.807) is 0 Å². The van der Waals surface area contributed by atoms with E-state index in [2.05, 4.69) is 0 Å². The lowest BCUT2D eigenvalue weighted by molar-refractivity contribution is 0.275. The van der Waals surface area contributed by atoms with Gasteiger partial charge in [0.2, 0.25) is 0 Å². The highest BCUT2D eigenvalue weighted by Crippen LogP contribution is 2.44. The smallest absolute Gasteiger partial charge is 0.169 e. The van der Waals surface area contributed by atoms with Gasteiger partial charge in [0.25, 0.3) is 0 Å². The molecule has 5 heteroatoms. The van der Waals surface area contributed by atoms with Crippen LogP contribution in [0.15, 0.2) is 24.3 Å². The lowest BCUT2D eigenvalue weighted by atomic mass is 9.96. The number of hydrogen-bond donors (Lipinski definition) is 2. The lowest BCUT2D eigenvalue weighted by Gasteiger charge is -2.18. The molecule has 134 valence electrons. The van der Waals surface area contributed by atoms with Crippen molar-refractivity contribution in [2.24, 2.45) is 0 Å². The molecule has 4 bridgehead atoms. The minimum absolute atomic E-state index is 0.0571. The Morgan fingerprint density at radius 1 is 0.800 bits per heavy atom. The topological polar surface area (TPSA) is 68.2 Å². The second kappa shape index (κ2) is 7.76. The molecule has 1 aliphatic heterocycles. The second-order valence-electron chi connectivity index (χ2n) is 5.85. The van der Waals surface area contributed by atoms with Crippen LogP contribution in [-0.2, 0) is 26.1 Å². The van der Waals surface area contributed by atoms with Crippen LogP contribution in [0.25, 0.3) is 0 Å². The SMILES string of the molecule is CCOc1c2ccc(CO)c1CCc1c(CO)ccc(c1OCC)O2. The molecule has 0 atom stereocenters.